The van der Waals surface area contributed by atoms with Crippen LogP contribution in [0.15, 0.2) is 18.3 Å². The third-order valence-corrected chi connectivity index (χ3v) is 1.86. The third-order valence-electron chi connectivity index (χ3n) is 1.86. The van der Waals surface area contributed by atoms with Crippen LogP contribution in [0.5, 0.6) is 0 Å². The molecular weight excluding hydrogens is 194 g/mol. The first-order valence-electron chi connectivity index (χ1n) is 4.65. The van der Waals surface area contributed by atoms with Crippen molar-refractivity contribution in [2.24, 2.45) is 5.73 Å². The van der Waals surface area contributed by atoms with Crippen molar-refractivity contribution in [2.75, 3.05) is 19.0 Å². The van der Waals surface area contributed by atoms with Gasteiger partial charge in [0.2, 0.25) is 0 Å². The van der Waals surface area contributed by atoms with Crippen LogP contribution in [-0.2, 0) is 4.74 Å². The summed E-state index contributed by atoms with van der Waals surface area (Å²) in [6.45, 7) is 2.49. The number of ether oxygens (including phenoxy) is 1. The van der Waals surface area contributed by atoms with E-state index in [1.165, 1.54) is 6.20 Å². The van der Waals surface area contributed by atoms with Crippen molar-refractivity contribution in [3.63, 3.8) is 0 Å². The molecule has 1 aromatic heterocycles. The molecule has 0 saturated carbocycles. The van der Waals surface area contributed by atoms with Crippen LogP contribution < -0.4 is 11.1 Å². The highest BCUT2D eigenvalue weighted by molar-refractivity contribution is 5.96. The smallest absolute Gasteiger partial charge is 0.269 e. The number of pyridine rings is 1. The lowest BCUT2D eigenvalue weighted by Gasteiger charge is -2.15. The van der Waals surface area contributed by atoms with Gasteiger partial charge >= 0.3 is 0 Å². The molecule has 1 heterocycles. The zero-order chi connectivity index (χ0) is 11.3. The molecule has 0 unspecified atom stereocenters. The molecule has 0 radical (unpaired) electrons. The van der Waals surface area contributed by atoms with Crippen LogP contribution in [0.3, 0.4) is 0 Å². The molecule has 0 aliphatic carbocycles. The van der Waals surface area contributed by atoms with Gasteiger partial charge in [0, 0.05) is 19.3 Å². The molecule has 0 aromatic carbocycles. The molecule has 3 N–H and O–H groups in total. The van der Waals surface area contributed by atoms with Gasteiger partial charge in [0.15, 0.2) is 5.69 Å². The number of rotatable bonds is 5. The largest absolute Gasteiger partial charge is 0.383 e. The molecule has 0 fully saturated rings. The van der Waals surface area contributed by atoms with Gasteiger partial charge in [-0.25, -0.2) is 4.98 Å². The van der Waals surface area contributed by atoms with Crippen LogP contribution in [0.2, 0.25) is 0 Å². The summed E-state index contributed by atoms with van der Waals surface area (Å²) < 4.78 is 4.98. The summed E-state index contributed by atoms with van der Waals surface area (Å²) in [5, 5.41) is 3.10. The van der Waals surface area contributed by atoms with E-state index in [0.29, 0.717) is 12.3 Å². The maximum Gasteiger partial charge on any atom is 0.269 e. The van der Waals surface area contributed by atoms with Crippen molar-refractivity contribution in [1.29, 1.82) is 0 Å². The zero-order valence-electron chi connectivity index (χ0n) is 8.86. The number of nitrogens with two attached hydrogens (primary N) is 1. The summed E-state index contributed by atoms with van der Waals surface area (Å²) in [6.07, 6.45) is 1.53. The minimum absolute atomic E-state index is 0.0947. The van der Waals surface area contributed by atoms with Gasteiger partial charge in [-0.1, -0.05) is 0 Å². The average Bonchev–Trinajstić information content (AvgIpc) is 2.18. The summed E-state index contributed by atoms with van der Waals surface area (Å²) in [5.74, 6) is -0.539. The highest BCUT2D eigenvalue weighted by Gasteiger charge is 2.10. The topological polar surface area (TPSA) is 77.2 Å². The number of anilines is 1. The quantitative estimate of drug-likeness (QED) is 0.745. The monoisotopic (exact) mass is 209 g/mol. The Morgan fingerprint density at radius 3 is 3.07 bits per heavy atom. The van der Waals surface area contributed by atoms with Crippen molar-refractivity contribution < 1.29 is 9.53 Å². The highest BCUT2D eigenvalue weighted by Crippen LogP contribution is 2.12. The van der Waals surface area contributed by atoms with Crippen LogP contribution in [0, 0.1) is 0 Å². The van der Waals surface area contributed by atoms with E-state index in [1.807, 2.05) is 6.92 Å². The fourth-order valence-corrected chi connectivity index (χ4v) is 1.28. The Bertz CT molecular complexity index is 341. The summed E-state index contributed by atoms with van der Waals surface area (Å²) >= 11 is 0. The lowest BCUT2D eigenvalue weighted by molar-refractivity contribution is 0.0996. The van der Waals surface area contributed by atoms with E-state index in [1.54, 1.807) is 19.2 Å². The number of nitrogens with zero attached hydrogens (tertiary/aromatic N) is 1. The molecule has 0 aliphatic heterocycles. The fraction of sp³-hybridized carbons (Fsp3) is 0.400. The van der Waals surface area contributed by atoms with Crippen molar-refractivity contribution in [3.05, 3.63) is 24.0 Å². The normalized spacial score (nSPS) is 12.1. The number of methoxy groups -OCH3 is 1. The second-order valence-electron chi connectivity index (χ2n) is 3.26. The Hall–Kier alpha value is -1.62. The Labute approximate surface area is 88.6 Å². The van der Waals surface area contributed by atoms with Crippen LogP contribution in [0.4, 0.5) is 5.69 Å². The highest BCUT2D eigenvalue weighted by atomic mass is 16.5. The van der Waals surface area contributed by atoms with E-state index in [4.69, 9.17) is 10.5 Å². The molecule has 0 spiro atoms. The summed E-state index contributed by atoms with van der Waals surface area (Å²) in [4.78, 5) is 15.0. The lowest BCUT2D eigenvalue weighted by atomic mass is 10.2. The molecule has 1 aromatic rings. The Morgan fingerprint density at radius 2 is 2.47 bits per heavy atom. The Kier molecular flexibility index (Phi) is 4.05. The second kappa shape index (κ2) is 5.31. The molecule has 1 rings (SSSR count). The molecule has 82 valence electrons. The molecule has 5 heteroatoms. The van der Waals surface area contributed by atoms with E-state index in [9.17, 15) is 4.79 Å². The van der Waals surface area contributed by atoms with Crippen molar-refractivity contribution >= 4 is 11.6 Å². The molecule has 1 atom stereocenters. The maximum absolute atomic E-state index is 11.0. The predicted octanol–water partition coefficient (Wildman–Crippen LogP) is 0.627. The first-order valence-corrected chi connectivity index (χ1v) is 4.65. The summed E-state index contributed by atoms with van der Waals surface area (Å²) in [6, 6.07) is 3.60. The number of hydrogen-bond acceptors (Lipinski definition) is 4. The maximum atomic E-state index is 11.0. The Morgan fingerprint density at radius 1 is 1.73 bits per heavy atom. The molecule has 15 heavy (non-hydrogen) atoms. The number of hydrogen-bond donors (Lipinski definition) is 2. The van der Waals surface area contributed by atoms with Crippen molar-refractivity contribution in [2.45, 2.75) is 13.0 Å². The van der Waals surface area contributed by atoms with E-state index in [-0.39, 0.29) is 11.7 Å². The van der Waals surface area contributed by atoms with Gasteiger partial charge < -0.3 is 15.8 Å². The van der Waals surface area contributed by atoms with E-state index < -0.39 is 5.91 Å². The number of nitrogens with one attached hydrogen (secondary N) is 1. The van der Waals surface area contributed by atoms with Gasteiger partial charge in [0.25, 0.3) is 5.91 Å². The number of primary amides is 1. The summed E-state index contributed by atoms with van der Waals surface area (Å²) in [5.41, 5.74) is 6.08. The van der Waals surface area contributed by atoms with Crippen molar-refractivity contribution in [1.82, 2.24) is 4.98 Å². The fourth-order valence-electron chi connectivity index (χ4n) is 1.28. The predicted molar refractivity (Wildman–Crippen MR) is 57.7 cm³/mol. The van der Waals surface area contributed by atoms with Crippen molar-refractivity contribution in [3.8, 4) is 0 Å². The van der Waals surface area contributed by atoms with E-state index in [0.717, 1.165) is 0 Å². The molecule has 1 amide bonds. The summed E-state index contributed by atoms with van der Waals surface area (Å²) in [7, 11) is 1.62. The lowest BCUT2D eigenvalue weighted by Crippen LogP contribution is -2.24. The zero-order valence-corrected chi connectivity index (χ0v) is 8.86. The minimum Gasteiger partial charge on any atom is -0.383 e. The van der Waals surface area contributed by atoms with Gasteiger partial charge in [-0.15, -0.1) is 0 Å². The van der Waals surface area contributed by atoms with E-state index in [2.05, 4.69) is 10.3 Å². The van der Waals surface area contributed by atoms with Gasteiger partial charge in [0.1, 0.15) is 0 Å². The van der Waals surface area contributed by atoms with Gasteiger partial charge in [0.05, 0.1) is 12.3 Å². The standard InChI is InChI=1S/C10H15N3O2/c1-7(6-15-2)13-8-4-3-5-12-9(8)10(11)14/h3-5,7,13H,6H2,1-2H3,(H2,11,14)/t7-/m1/s1. The molecule has 0 bridgehead atoms. The first kappa shape index (κ1) is 11.5. The van der Waals surface area contributed by atoms with Crippen LogP contribution >= 0.6 is 0 Å². The van der Waals surface area contributed by atoms with Crippen LogP contribution in [0.1, 0.15) is 17.4 Å². The van der Waals surface area contributed by atoms with Crippen LogP contribution in [-0.4, -0.2) is 30.6 Å². The van der Waals surface area contributed by atoms with E-state index >= 15 is 0 Å². The molecule has 5 nitrogen and oxygen atoms in total. The number of amides is 1. The molecule has 0 aliphatic rings. The van der Waals surface area contributed by atoms with Gasteiger partial charge in [-0.05, 0) is 19.1 Å². The molecule has 0 saturated heterocycles. The first-order chi connectivity index (χ1) is 7.15. The third kappa shape index (κ3) is 3.21. The Balaban J connectivity index is 2.79. The molecular formula is C10H15N3O2. The second-order valence-corrected chi connectivity index (χ2v) is 3.26. The van der Waals surface area contributed by atoms with Gasteiger partial charge in [-0.2, -0.15) is 0 Å². The van der Waals surface area contributed by atoms with Gasteiger partial charge in [-0.3, -0.25) is 4.79 Å². The minimum atomic E-state index is -0.539. The van der Waals surface area contributed by atoms with Crippen LogP contribution in [0.25, 0.3) is 0 Å². The SMILES string of the molecule is COC[C@@H](C)Nc1cccnc1C(N)=O. The number of carbonyl (C=O) groups excluding carboxylic acids is 1. The number of carbonyl (C=O) groups is 1. The average molecular weight is 209 g/mol. The number of aromatic nitrogens is 1.